The van der Waals surface area contributed by atoms with Crippen molar-refractivity contribution < 1.29 is 23.6 Å². The van der Waals surface area contributed by atoms with E-state index in [4.69, 9.17) is 0 Å². The van der Waals surface area contributed by atoms with Crippen LogP contribution in [0.4, 0.5) is 0 Å². The molecule has 0 heterocycles. The first kappa shape index (κ1) is 31.8. The minimum atomic E-state index is -4.07. The molecule has 0 aliphatic heterocycles. The van der Waals surface area contributed by atoms with Crippen LogP contribution in [0.1, 0.15) is 43.0 Å². The van der Waals surface area contributed by atoms with E-state index in [9.17, 15) is 23.6 Å². The summed E-state index contributed by atoms with van der Waals surface area (Å²) in [6.45, 7) is 7.41. The van der Waals surface area contributed by atoms with E-state index in [1.165, 1.54) is 12.1 Å². The molecule has 5 aromatic carbocycles. The van der Waals surface area contributed by atoms with Gasteiger partial charge in [0.1, 0.15) is 0 Å². The minimum absolute atomic E-state index is 0.171. The Morgan fingerprint density at radius 2 is 0.977 bits per heavy atom. The Hall–Kier alpha value is -4.14. The lowest BCUT2D eigenvalue weighted by molar-refractivity contribution is 0.106. The average molecular weight is 609 g/mol. The van der Waals surface area contributed by atoms with Gasteiger partial charge < -0.3 is 9.46 Å². The molecule has 0 amide bonds. The summed E-state index contributed by atoms with van der Waals surface area (Å²) in [5.74, 6) is 0. The van der Waals surface area contributed by atoms with Crippen molar-refractivity contribution in [1.82, 2.24) is 0 Å². The summed E-state index contributed by atoms with van der Waals surface area (Å²) in [6, 6.07) is 37.1. The standard InChI is InChI=1S/C20H17O2P.C16H17O3P/c1-16-10-8-9-15-19(16)23(22,18-13-6-3-7-14-18)20(21)17-11-4-2-5-12-17;1-11-9-12(2)15(13(3)10-11)16(17)20(18,19)14-7-5-4-6-8-14/h2-15H,1H3;4-10H,1-3H3,(H,18,19). The molecule has 43 heavy (non-hydrogen) atoms. The van der Waals surface area contributed by atoms with Crippen LogP contribution in [-0.2, 0) is 9.13 Å². The molecule has 218 valence electrons. The van der Waals surface area contributed by atoms with Crippen LogP contribution < -0.4 is 15.9 Å². The normalized spacial score (nSPS) is 13.5. The molecule has 0 bridgehead atoms. The highest BCUT2D eigenvalue weighted by Crippen LogP contribution is 2.47. The van der Waals surface area contributed by atoms with Crippen LogP contribution in [-0.4, -0.2) is 15.9 Å². The summed E-state index contributed by atoms with van der Waals surface area (Å²) in [5.41, 5.74) is 3.17. The van der Waals surface area contributed by atoms with Gasteiger partial charge in [0, 0.05) is 27.0 Å². The van der Waals surface area contributed by atoms with E-state index in [1.54, 1.807) is 74.5 Å². The van der Waals surface area contributed by atoms with Crippen molar-refractivity contribution in [3.8, 4) is 0 Å². The summed E-state index contributed by atoms with van der Waals surface area (Å²) in [4.78, 5) is 35.9. The van der Waals surface area contributed by atoms with Crippen molar-refractivity contribution in [2.24, 2.45) is 0 Å². The number of carbonyl (C=O) groups is 2. The molecule has 2 atom stereocenters. The molecule has 0 aliphatic rings. The quantitative estimate of drug-likeness (QED) is 0.193. The van der Waals surface area contributed by atoms with Gasteiger partial charge in [-0.25, -0.2) is 0 Å². The number of aryl methyl sites for hydroxylation is 4. The topological polar surface area (TPSA) is 88.5 Å². The lowest BCUT2D eigenvalue weighted by Crippen LogP contribution is -2.24. The smallest absolute Gasteiger partial charge is 0.298 e. The fourth-order valence-corrected chi connectivity index (χ4v) is 9.27. The van der Waals surface area contributed by atoms with Crippen molar-refractivity contribution in [1.29, 1.82) is 0 Å². The van der Waals surface area contributed by atoms with Crippen molar-refractivity contribution in [3.05, 3.63) is 161 Å². The molecule has 0 saturated heterocycles. The second-order valence-corrected chi connectivity index (χ2v) is 15.1. The van der Waals surface area contributed by atoms with Crippen LogP contribution >= 0.6 is 14.5 Å². The highest BCUT2D eigenvalue weighted by molar-refractivity contribution is 7.93. The first-order valence-electron chi connectivity index (χ1n) is 13.8. The Morgan fingerprint density at radius 1 is 0.535 bits per heavy atom. The van der Waals surface area contributed by atoms with Gasteiger partial charge in [0.25, 0.3) is 12.9 Å². The molecular weight excluding hydrogens is 574 g/mol. The van der Waals surface area contributed by atoms with Gasteiger partial charge in [-0.1, -0.05) is 121 Å². The number of hydrogen-bond donors (Lipinski definition) is 1. The molecule has 5 aromatic rings. The monoisotopic (exact) mass is 608 g/mol. The summed E-state index contributed by atoms with van der Waals surface area (Å²) in [5, 5.41) is 1.35. The maximum atomic E-state index is 14.0. The van der Waals surface area contributed by atoms with Crippen LogP contribution in [0.2, 0.25) is 0 Å². The molecule has 5 nitrogen and oxygen atoms in total. The molecule has 0 aromatic heterocycles. The van der Waals surface area contributed by atoms with Crippen LogP contribution in [0.5, 0.6) is 0 Å². The van der Waals surface area contributed by atoms with Crippen molar-refractivity contribution in [3.63, 3.8) is 0 Å². The van der Waals surface area contributed by atoms with Gasteiger partial charge in [-0.2, -0.15) is 0 Å². The van der Waals surface area contributed by atoms with Crippen molar-refractivity contribution >= 4 is 41.5 Å². The van der Waals surface area contributed by atoms with Gasteiger partial charge in [-0.15, -0.1) is 0 Å². The summed E-state index contributed by atoms with van der Waals surface area (Å²) < 4.78 is 26.5. The molecule has 5 rings (SSSR count). The van der Waals surface area contributed by atoms with Crippen LogP contribution in [0, 0.1) is 27.7 Å². The van der Waals surface area contributed by atoms with E-state index in [2.05, 4.69) is 0 Å². The molecule has 2 unspecified atom stereocenters. The average Bonchev–Trinajstić information content (AvgIpc) is 3.01. The fourth-order valence-electron chi connectivity index (χ4n) is 5.10. The zero-order chi connectivity index (χ0) is 31.2. The highest BCUT2D eigenvalue weighted by atomic mass is 31.2. The van der Waals surface area contributed by atoms with Gasteiger partial charge in [-0.3, -0.25) is 14.2 Å². The highest BCUT2D eigenvalue weighted by Gasteiger charge is 2.37. The molecular formula is C36H34O5P2. The molecule has 0 radical (unpaired) electrons. The summed E-state index contributed by atoms with van der Waals surface area (Å²) >= 11 is 0. The van der Waals surface area contributed by atoms with Crippen molar-refractivity contribution in [2.45, 2.75) is 27.7 Å². The third-order valence-electron chi connectivity index (χ3n) is 7.15. The van der Waals surface area contributed by atoms with Crippen LogP contribution in [0.25, 0.3) is 0 Å². The molecule has 0 saturated carbocycles. The second kappa shape index (κ2) is 13.4. The number of rotatable bonds is 7. The van der Waals surface area contributed by atoms with E-state index < -0.39 is 20.0 Å². The predicted molar refractivity (Wildman–Crippen MR) is 176 cm³/mol. The molecule has 0 spiro atoms. The van der Waals surface area contributed by atoms with Gasteiger partial charge in [-0.05, 0) is 56.5 Å². The third-order valence-corrected chi connectivity index (χ3v) is 12.0. The Morgan fingerprint density at radius 3 is 1.49 bits per heavy atom. The van der Waals surface area contributed by atoms with E-state index in [-0.39, 0.29) is 10.8 Å². The third kappa shape index (κ3) is 6.76. The van der Waals surface area contributed by atoms with Gasteiger partial charge in [0.15, 0.2) is 0 Å². The zero-order valence-electron chi connectivity index (χ0n) is 24.6. The minimum Gasteiger partial charge on any atom is -0.336 e. The Bertz CT molecular complexity index is 1830. The van der Waals surface area contributed by atoms with E-state index in [0.717, 1.165) is 22.3 Å². The lowest BCUT2D eigenvalue weighted by Gasteiger charge is -2.20. The fraction of sp³-hybridized carbons (Fsp3) is 0.111. The Labute approximate surface area is 253 Å². The van der Waals surface area contributed by atoms with Crippen LogP contribution in [0.15, 0.2) is 127 Å². The maximum Gasteiger partial charge on any atom is 0.298 e. The maximum absolute atomic E-state index is 14.0. The predicted octanol–water partition coefficient (Wildman–Crippen LogP) is 7.50. The molecule has 1 N–H and O–H groups in total. The first-order chi connectivity index (χ1) is 20.5. The SMILES string of the molecule is Cc1cc(C)c(C(=O)P(=O)(O)c2ccccc2)c(C)c1.Cc1ccccc1P(=O)(C(=O)c1ccccc1)c1ccccc1. The zero-order valence-corrected chi connectivity index (χ0v) is 26.4. The lowest BCUT2D eigenvalue weighted by atomic mass is 10.0. The Balaban J connectivity index is 0.000000199. The Kier molecular flexibility index (Phi) is 9.94. The van der Waals surface area contributed by atoms with Crippen molar-refractivity contribution in [2.75, 3.05) is 0 Å². The largest absolute Gasteiger partial charge is 0.336 e. The molecule has 0 aliphatic carbocycles. The van der Waals surface area contributed by atoms with Gasteiger partial charge >= 0.3 is 0 Å². The summed E-state index contributed by atoms with van der Waals surface area (Å²) in [7, 11) is -7.48. The first-order valence-corrected chi connectivity index (χ1v) is 17.2. The van der Waals surface area contributed by atoms with E-state index >= 15 is 0 Å². The van der Waals surface area contributed by atoms with E-state index in [1.807, 2.05) is 68.4 Å². The van der Waals surface area contributed by atoms with Gasteiger partial charge in [0.05, 0.1) is 0 Å². The number of hydrogen-bond acceptors (Lipinski definition) is 4. The summed E-state index contributed by atoms with van der Waals surface area (Å²) in [6.07, 6.45) is 0. The molecule has 0 fully saturated rings. The van der Waals surface area contributed by atoms with E-state index in [0.29, 0.717) is 21.7 Å². The molecule has 7 heteroatoms. The second-order valence-electron chi connectivity index (χ2n) is 10.4. The number of benzene rings is 5. The number of carbonyl (C=O) groups excluding carboxylic acids is 2. The van der Waals surface area contributed by atoms with Crippen LogP contribution in [0.3, 0.4) is 0 Å². The van der Waals surface area contributed by atoms with Gasteiger partial charge in [0.2, 0.25) is 12.7 Å².